The minimum Gasteiger partial charge on any atom is -0.475 e. The molecule has 0 radical (unpaired) electrons. The molecule has 4 aromatic rings. The molecule has 4 aliphatic rings. The summed E-state index contributed by atoms with van der Waals surface area (Å²) in [4.78, 5) is 154. The van der Waals surface area contributed by atoms with E-state index in [1.165, 1.54) is 126 Å². The van der Waals surface area contributed by atoms with Gasteiger partial charge in [-0.1, -0.05) is 85.0 Å². The van der Waals surface area contributed by atoms with Crippen molar-refractivity contribution < 1.29 is 180 Å². The summed E-state index contributed by atoms with van der Waals surface area (Å²) in [6.07, 6.45) is 6.93. The van der Waals surface area contributed by atoms with E-state index in [-0.39, 0.29) is 85.4 Å². The van der Waals surface area contributed by atoms with Crippen LogP contribution in [0, 0.1) is 33.0 Å². The highest BCUT2D eigenvalue weighted by Crippen LogP contribution is 2.44. The molecule has 6 N–H and O–H groups in total. The Morgan fingerprint density at radius 1 is 0.484 bits per heavy atom. The summed E-state index contributed by atoms with van der Waals surface area (Å²) in [6.45, 7) is 9.49. The molecule has 0 bridgehead atoms. The minimum absolute atomic E-state index is 0.0180. The van der Waals surface area contributed by atoms with Crippen molar-refractivity contribution in [3.05, 3.63) is 117 Å². The molecule has 0 spiro atoms. The van der Waals surface area contributed by atoms with Crippen LogP contribution in [0.2, 0.25) is 0 Å². The molecule has 0 saturated carbocycles. The van der Waals surface area contributed by atoms with E-state index in [9.17, 15) is 79.1 Å². The Hall–Kier alpha value is -12.4. The lowest BCUT2D eigenvalue weighted by atomic mass is 9.80. The third-order valence-electron chi connectivity index (χ3n) is 19.2. The summed E-state index contributed by atoms with van der Waals surface area (Å²) in [5, 5.41) is 29.2. The number of carbonyl (C=O) groups is 13. The van der Waals surface area contributed by atoms with Gasteiger partial charge in [-0.2, -0.15) is 31.6 Å². The number of nitrogens with one attached hydrogen (secondary N) is 1. The van der Waals surface area contributed by atoms with Gasteiger partial charge in [0, 0.05) is 34.5 Å². The number of rotatable bonds is 42. The number of carbonyl (C=O) groups excluding carboxylic acids is 11. The van der Waals surface area contributed by atoms with Crippen molar-refractivity contribution in [2.24, 2.45) is 21.7 Å². The third-order valence-corrected chi connectivity index (χ3v) is 19.2. The van der Waals surface area contributed by atoms with Gasteiger partial charge in [0.1, 0.15) is 87.9 Å². The summed E-state index contributed by atoms with van der Waals surface area (Å²) in [5.41, 5.74) is 9.57. The first kappa shape index (κ1) is 108. The van der Waals surface area contributed by atoms with Crippen molar-refractivity contribution in [3.63, 3.8) is 0 Å². The summed E-state index contributed by atoms with van der Waals surface area (Å²) in [7, 11) is 2.87. The number of nitrogens with zero attached hydrogens (tertiary/aromatic N) is 1. The fourth-order valence-electron chi connectivity index (χ4n) is 12.5. The van der Waals surface area contributed by atoms with Crippen LogP contribution in [0.4, 0.5) is 45.5 Å². The first-order chi connectivity index (χ1) is 60.3. The van der Waals surface area contributed by atoms with Crippen LogP contribution in [-0.4, -0.2) is 227 Å². The number of quaternary nitrogens is 1. The Kier molecular flexibility index (Phi) is 43.9. The Morgan fingerprint density at radius 3 is 1.25 bits per heavy atom. The van der Waals surface area contributed by atoms with Gasteiger partial charge < -0.3 is 97.1 Å². The standard InChI is InChI=1S/C44H57NO15.C38H47NO12.2C2HF3O2.C2H3N/c1-29(46)56-25-43(5,38(48)54-24-23-52-7)26-58-41(51)59-28-44(6,37(47)53-22-20-45-39(49)60-42(2,3)4)27-57-40(50)55-21-9-8-11-30-14-15-33-17-16-31-12-10-13-32-18-19-34(30)36(33)35(31)32;1-37(21-46-25-40,34(42)47-20-19-45-3)17-16-31(41)49-22-38(2,35(43)51-24-39)23-50-36(44)48-18-5-4-7-26-10-11-29-13-12-27-8-6-9-28-14-15-30(26)33(29)32(27)28;2*3-2(4,5)1(6)7;1-2-3/h10,13-16,18-19H,8-9,11-12,17,20-28H2,1-7H3,(H,45,49);6,9-12,14-15,25H,4-5,7-8,13,16-24,39H2,1-3H3;2*(H,6,7);1H3/p+1. The van der Waals surface area contributed by atoms with Gasteiger partial charge in [0.25, 0.3) is 6.47 Å². The number of carboxylic acid groups (broad SMARTS) is 2. The summed E-state index contributed by atoms with van der Waals surface area (Å²) in [6, 6.07) is 19.3. The second-order valence-corrected chi connectivity index (χ2v) is 31.1. The fraction of sp³-hybridized carbons (Fsp3) is 0.523. The second kappa shape index (κ2) is 52.0. The van der Waals surface area contributed by atoms with Gasteiger partial charge in [-0.3, -0.25) is 33.6 Å². The van der Waals surface area contributed by atoms with Crippen LogP contribution < -0.4 is 11.1 Å². The normalized spacial score (nSPS) is 14.2. The zero-order chi connectivity index (χ0) is 95.6. The van der Waals surface area contributed by atoms with Crippen LogP contribution >= 0.6 is 0 Å². The number of alkyl halides is 6. The number of hydrogen-bond acceptors (Lipinski definition) is 30. The van der Waals surface area contributed by atoms with E-state index in [1.807, 2.05) is 0 Å². The smallest absolute Gasteiger partial charge is 0.475 e. The van der Waals surface area contributed by atoms with Gasteiger partial charge in [0.05, 0.1) is 44.5 Å². The molecule has 1 amide bonds. The molecule has 4 atom stereocenters. The van der Waals surface area contributed by atoms with Crippen LogP contribution in [0.1, 0.15) is 158 Å². The van der Waals surface area contributed by atoms with Crippen molar-refractivity contribution >= 4 is 124 Å². The van der Waals surface area contributed by atoms with Crippen LogP contribution in [0.3, 0.4) is 0 Å². The van der Waals surface area contributed by atoms with Crippen molar-refractivity contribution in [1.29, 1.82) is 5.26 Å². The number of benzene rings is 4. The van der Waals surface area contributed by atoms with Crippen LogP contribution in [-0.2, 0) is 145 Å². The van der Waals surface area contributed by atoms with Crippen molar-refractivity contribution in [2.75, 3.05) is 120 Å². The van der Waals surface area contributed by atoms with E-state index in [0.717, 1.165) is 58.3 Å². The Bertz CT molecular complexity index is 4680. The van der Waals surface area contributed by atoms with E-state index in [4.69, 9.17) is 101 Å². The molecule has 128 heavy (non-hydrogen) atoms. The number of nitriles is 1. The number of hydrogen-bond donors (Lipinski definition) is 4. The Labute approximate surface area is 734 Å². The van der Waals surface area contributed by atoms with Gasteiger partial charge in [-0.15, -0.1) is 0 Å². The predicted octanol–water partition coefficient (Wildman–Crippen LogP) is 12.6. The van der Waals surface area contributed by atoms with Gasteiger partial charge >= 0.3 is 84.7 Å². The third kappa shape index (κ3) is 35.5. The number of methoxy groups -OCH3 is 2. The molecule has 0 saturated heterocycles. The number of allylic oxidation sites excluding steroid dienone is 6. The zero-order valence-electron chi connectivity index (χ0n) is 73.1. The number of aryl methyl sites for hydroxylation is 2. The fourth-order valence-corrected chi connectivity index (χ4v) is 12.5. The number of halogens is 6. The highest BCUT2D eigenvalue weighted by atomic mass is 19.4. The quantitative estimate of drug-likeness (QED) is 0.00799. The molecule has 8 rings (SSSR count). The lowest BCUT2D eigenvalue weighted by Crippen LogP contribution is -2.54. The molecule has 4 aliphatic carbocycles. The van der Waals surface area contributed by atoms with Crippen LogP contribution in [0.25, 0.3) is 44.8 Å². The maximum atomic E-state index is 13.3. The topological polar surface area (TPSA) is 474 Å². The van der Waals surface area contributed by atoms with Gasteiger partial charge in [-0.05, 0) is 196 Å². The average Bonchev–Trinajstić information content (AvgIpc) is 0.745. The predicted molar refractivity (Wildman–Crippen MR) is 441 cm³/mol. The maximum Gasteiger partial charge on any atom is 0.508 e. The van der Waals surface area contributed by atoms with Crippen LogP contribution in [0.15, 0.2) is 72.8 Å². The molecule has 4 aromatic carbocycles. The second-order valence-electron chi connectivity index (χ2n) is 31.1. The molecule has 704 valence electrons. The minimum atomic E-state index is -5.08. The lowest BCUT2D eigenvalue weighted by Gasteiger charge is -2.28. The molecular weight excluding hydrogens is 1710 g/mol. The monoisotopic (exact) mass is 1820 g/mol. The largest absolute Gasteiger partial charge is 0.508 e. The van der Waals surface area contributed by atoms with Crippen LogP contribution in [0.5, 0.6) is 0 Å². The number of ether oxygens (including phenoxy) is 16. The number of aliphatic carboxylic acids is 2. The molecule has 0 fully saturated rings. The molecule has 0 heterocycles. The lowest BCUT2D eigenvalue weighted by molar-refractivity contribution is -0.422. The molecule has 4 unspecified atom stereocenters. The molecular formula is C88H110F6N3O31+. The van der Waals surface area contributed by atoms with Crippen molar-refractivity contribution in [1.82, 2.24) is 5.32 Å². The molecule has 0 aromatic heterocycles. The highest BCUT2D eigenvalue weighted by molar-refractivity contribution is 6.05. The maximum absolute atomic E-state index is 13.3. The number of alkyl carbamates (subject to hydrolysis) is 1. The Morgan fingerprint density at radius 2 is 0.867 bits per heavy atom. The van der Waals surface area contributed by atoms with E-state index in [0.29, 0.717) is 12.8 Å². The summed E-state index contributed by atoms with van der Waals surface area (Å²) >= 11 is 0. The molecule has 40 heteroatoms. The van der Waals surface area contributed by atoms with E-state index in [2.05, 4.69) is 96.0 Å². The van der Waals surface area contributed by atoms with Crippen molar-refractivity contribution in [3.8, 4) is 6.07 Å². The average molecular weight is 1820 g/mol. The van der Waals surface area contributed by atoms with E-state index >= 15 is 0 Å². The Balaban J connectivity index is 0.000000457. The van der Waals surface area contributed by atoms with E-state index in [1.54, 1.807) is 26.8 Å². The number of esters is 6. The molecule has 34 nitrogen and oxygen atoms in total. The summed E-state index contributed by atoms with van der Waals surface area (Å²) in [5.74, 6) is -10.2. The van der Waals surface area contributed by atoms with Crippen molar-refractivity contribution in [2.45, 2.75) is 157 Å². The zero-order valence-corrected chi connectivity index (χ0v) is 73.1. The first-order valence-corrected chi connectivity index (χ1v) is 40.2. The first-order valence-electron chi connectivity index (χ1n) is 40.2. The number of amides is 1. The van der Waals surface area contributed by atoms with Gasteiger partial charge in [0.2, 0.25) is 6.73 Å². The summed E-state index contributed by atoms with van der Waals surface area (Å²) < 4.78 is 146. The highest BCUT2D eigenvalue weighted by Gasteiger charge is 2.44. The van der Waals surface area contributed by atoms with E-state index < -0.39 is 152 Å². The number of carboxylic acids is 2. The molecule has 0 aliphatic heterocycles. The number of unbranched alkanes of at least 4 members (excludes halogenated alkanes) is 2. The van der Waals surface area contributed by atoms with Gasteiger partial charge in [-0.25, -0.2) is 28.8 Å². The SMILES string of the molecule is CC#N.COCCOC(=O)C(C)(CCC(=O)OCC(C)(COC(=O)OCCCCc1ccc2c3c4c(ccc13)C=CCC4=CC2)C(=O)OC[NH3+])COC=O.COCCOC(=O)C(C)(COC(C)=O)COC(=O)OCC(C)(COC(=O)OCCCCc1ccc2c3c4c(ccc13)C=CCC4=CC2)C(=O)OCCNC(=O)OC(C)(C)C.O=C(O)C(F)(F)F.O=C(O)C(F)(F)F. The van der Waals surface area contributed by atoms with Gasteiger partial charge in [0.15, 0.2) is 0 Å².